The molecule has 2 aromatic rings. The number of urea groups is 1. The van der Waals surface area contributed by atoms with Crippen LogP contribution in [0.4, 0.5) is 16.4 Å². The zero-order chi connectivity index (χ0) is 15.2. The van der Waals surface area contributed by atoms with Crippen LogP contribution >= 0.6 is 11.6 Å². The number of ether oxygens (including phenoxy) is 2. The highest BCUT2D eigenvalue weighted by molar-refractivity contribution is 6.33. The second-order valence-corrected chi connectivity index (χ2v) is 4.24. The number of hydrogen-bond acceptors (Lipinski definition) is 5. The van der Waals surface area contributed by atoms with Gasteiger partial charge in [-0.05, 0) is 12.1 Å². The van der Waals surface area contributed by atoms with Gasteiger partial charge < -0.3 is 14.8 Å². The molecule has 2 amide bonds. The quantitative estimate of drug-likeness (QED) is 0.907. The maximum atomic E-state index is 11.9. The lowest BCUT2D eigenvalue weighted by molar-refractivity contribution is 0.262. The van der Waals surface area contributed by atoms with Crippen molar-refractivity contribution in [2.24, 2.45) is 0 Å². The van der Waals surface area contributed by atoms with Crippen LogP contribution in [0.25, 0.3) is 0 Å². The van der Waals surface area contributed by atoms with Gasteiger partial charge in [-0.15, -0.1) is 0 Å². The molecule has 0 atom stereocenters. The summed E-state index contributed by atoms with van der Waals surface area (Å²) >= 11 is 5.95. The van der Waals surface area contributed by atoms with Crippen molar-refractivity contribution in [1.29, 1.82) is 0 Å². The van der Waals surface area contributed by atoms with E-state index < -0.39 is 6.03 Å². The summed E-state index contributed by atoms with van der Waals surface area (Å²) in [6, 6.07) is 7.83. The van der Waals surface area contributed by atoms with E-state index >= 15 is 0 Å². The van der Waals surface area contributed by atoms with Crippen LogP contribution in [0.1, 0.15) is 0 Å². The van der Waals surface area contributed by atoms with Gasteiger partial charge in [-0.1, -0.05) is 23.7 Å². The summed E-state index contributed by atoms with van der Waals surface area (Å²) in [5, 5.41) is 5.49. The Morgan fingerprint density at radius 3 is 2.29 bits per heavy atom. The van der Waals surface area contributed by atoms with Gasteiger partial charge in [0, 0.05) is 0 Å². The van der Waals surface area contributed by atoms with Crippen LogP contribution in [0.2, 0.25) is 5.02 Å². The number of hydrogen-bond donors (Lipinski definition) is 2. The fraction of sp³-hybridized carbons (Fsp3) is 0.154. The molecular weight excluding hydrogens is 296 g/mol. The molecule has 0 radical (unpaired) electrons. The molecule has 21 heavy (non-hydrogen) atoms. The second-order valence-electron chi connectivity index (χ2n) is 3.84. The molecule has 2 N–H and O–H groups in total. The highest BCUT2D eigenvalue weighted by Crippen LogP contribution is 2.21. The highest BCUT2D eigenvalue weighted by atomic mass is 35.5. The first-order chi connectivity index (χ1) is 10.1. The van der Waals surface area contributed by atoms with Gasteiger partial charge in [0.2, 0.25) is 17.7 Å². The Labute approximate surface area is 126 Å². The minimum Gasteiger partial charge on any atom is -0.481 e. The third kappa shape index (κ3) is 3.96. The van der Waals surface area contributed by atoms with E-state index in [2.05, 4.69) is 20.6 Å². The minimum absolute atomic E-state index is 0.0516. The SMILES string of the molecule is COc1cc(OC)nc(NC(=O)Nc2ccccc2Cl)n1. The van der Waals surface area contributed by atoms with Crippen molar-refractivity contribution in [3.05, 3.63) is 35.4 Å². The average Bonchev–Trinajstić information content (AvgIpc) is 2.49. The van der Waals surface area contributed by atoms with E-state index in [0.29, 0.717) is 10.7 Å². The van der Waals surface area contributed by atoms with Gasteiger partial charge in [0.15, 0.2) is 0 Å². The lowest BCUT2D eigenvalue weighted by Gasteiger charge is -2.09. The minimum atomic E-state index is -0.529. The largest absolute Gasteiger partial charge is 0.481 e. The molecule has 0 saturated carbocycles. The summed E-state index contributed by atoms with van der Waals surface area (Å²) in [6.45, 7) is 0. The zero-order valence-electron chi connectivity index (χ0n) is 11.4. The molecule has 1 aromatic carbocycles. The number of carbonyl (C=O) groups excluding carboxylic acids is 1. The van der Waals surface area contributed by atoms with Gasteiger partial charge in [0.25, 0.3) is 0 Å². The van der Waals surface area contributed by atoms with E-state index in [9.17, 15) is 4.79 Å². The molecule has 2 rings (SSSR count). The van der Waals surface area contributed by atoms with Gasteiger partial charge in [-0.3, -0.25) is 5.32 Å². The summed E-state index contributed by atoms with van der Waals surface area (Å²) in [5.41, 5.74) is 0.478. The van der Waals surface area contributed by atoms with Crippen molar-refractivity contribution in [3.63, 3.8) is 0 Å². The van der Waals surface area contributed by atoms with E-state index in [1.165, 1.54) is 20.3 Å². The Bertz CT molecular complexity index is 629. The molecule has 1 aromatic heterocycles. The number of anilines is 2. The topological polar surface area (TPSA) is 85.4 Å². The standard InChI is InChI=1S/C13H13ClN4O3/c1-20-10-7-11(21-2)17-12(16-10)18-13(19)15-9-6-4-3-5-8(9)14/h3-7H,1-2H3,(H2,15,16,17,18,19). The van der Waals surface area contributed by atoms with Gasteiger partial charge >= 0.3 is 6.03 Å². The summed E-state index contributed by atoms with van der Waals surface area (Å²) in [7, 11) is 2.91. The van der Waals surface area contributed by atoms with Crippen molar-refractivity contribution < 1.29 is 14.3 Å². The van der Waals surface area contributed by atoms with Crippen LogP contribution in [0, 0.1) is 0 Å². The predicted octanol–water partition coefficient (Wildman–Crippen LogP) is 2.79. The van der Waals surface area contributed by atoms with Gasteiger partial charge in [0.1, 0.15) is 0 Å². The smallest absolute Gasteiger partial charge is 0.326 e. The molecule has 0 unspecified atom stereocenters. The van der Waals surface area contributed by atoms with Crippen molar-refractivity contribution in [2.45, 2.75) is 0 Å². The van der Waals surface area contributed by atoms with Crippen LogP contribution in [-0.2, 0) is 0 Å². The summed E-state index contributed by atoms with van der Waals surface area (Å²) in [4.78, 5) is 19.9. The molecule has 1 heterocycles. The zero-order valence-corrected chi connectivity index (χ0v) is 12.1. The van der Waals surface area contributed by atoms with Crippen molar-refractivity contribution in [1.82, 2.24) is 9.97 Å². The Morgan fingerprint density at radius 1 is 1.10 bits per heavy atom. The number of methoxy groups -OCH3 is 2. The Hall–Kier alpha value is -2.54. The molecule has 0 bridgehead atoms. The molecule has 8 heteroatoms. The normalized spacial score (nSPS) is 9.86. The van der Waals surface area contributed by atoms with Crippen LogP contribution in [0.3, 0.4) is 0 Å². The maximum absolute atomic E-state index is 11.9. The van der Waals surface area contributed by atoms with E-state index in [1.54, 1.807) is 24.3 Å². The second kappa shape index (κ2) is 6.76. The first kappa shape index (κ1) is 14.9. The number of carbonyl (C=O) groups is 1. The van der Waals surface area contributed by atoms with E-state index in [4.69, 9.17) is 21.1 Å². The first-order valence-corrected chi connectivity index (χ1v) is 6.29. The van der Waals surface area contributed by atoms with Crippen molar-refractivity contribution in [3.8, 4) is 11.8 Å². The molecule has 0 aliphatic heterocycles. The average molecular weight is 309 g/mol. The number of nitrogens with zero attached hydrogens (tertiary/aromatic N) is 2. The van der Waals surface area contributed by atoms with E-state index in [0.717, 1.165) is 0 Å². The fourth-order valence-corrected chi connectivity index (χ4v) is 1.67. The Morgan fingerprint density at radius 2 is 1.71 bits per heavy atom. The fourth-order valence-electron chi connectivity index (χ4n) is 1.49. The predicted molar refractivity (Wildman–Crippen MR) is 79.2 cm³/mol. The van der Waals surface area contributed by atoms with E-state index in [1.807, 2.05) is 0 Å². The van der Waals surface area contributed by atoms with Crippen LogP contribution in [0.5, 0.6) is 11.8 Å². The molecule has 0 saturated heterocycles. The van der Waals surface area contributed by atoms with Crippen LogP contribution in [-0.4, -0.2) is 30.2 Å². The molecule has 110 valence electrons. The number of benzene rings is 1. The molecular formula is C13H13ClN4O3. The lowest BCUT2D eigenvalue weighted by atomic mass is 10.3. The maximum Gasteiger partial charge on any atom is 0.326 e. The first-order valence-electron chi connectivity index (χ1n) is 5.92. The molecule has 0 aliphatic rings. The lowest BCUT2D eigenvalue weighted by Crippen LogP contribution is -2.21. The number of aromatic nitrogens is 2. The van der Waals surface area contributed by atoms with E-state index in [-0.39, 0.29) is 17.7 Å². The molecule has 0 spiro atoms. The Kier molecular flexibility index (Phi) is 4.78. The molecule has 7 nitrogen and oxygen atoms in total. The van der Waals surface area contributed by atoms with Crippen LogP contribution in [0.15, 0.2) is 30.3 Å². The van der Waals surface area contributed by atoms with Crippen molar-refractivity contribution >= 4 is 29.3 Å². The number of amides is 2. The number of halogens is 1. The summed E-state index contributed by atoms with van der Waals surface area (Å²) < 4.78 is 9.98. The monoisotopic (exact) mass is 308 g/mol. The van der Waals surface area contributed by atoms with Gasteiger partial charge in [-0.2, -0.15) is 9.97 Å². The van der Waals surface area contributed by atoms with Gasteiger partial charge in [0.05, 0.1) is 31.0 Å². The Balaban J connectivity index is 2.11. The summed E-state index contributed by atoms with van der Waals surface area (Å²) in [6.07, 6.45) is 0. The number of rotatable bonds is 4. The van der Waals surface area contributed by atoms with Gasteiger partial charge in [-0.25, -0.2) is 4.79 Å². The summed E-state index contributed by atoms with van der Waals surface area (Å²) in [5.74, 6) is 0.598. The third-order valence-electron chi connectivity index (χ3n) is 2.44. The third-order valence-corrected chi connectivity index (χ3v) is 2.77. The molecule has 0 fully saturated rings. The number of para-hydroxylation sites is 1. The highest BCUT2D eigenvalue weighted by Gasteiger charge is 2.10. The van der Waals surface area contributed by atoms with Crippen molar-refractivity contribution in [2.75, 3.05) is 24.9 Å². The molecule has 0 aliphatic carbocycles. The number of nitrogens with one attached hydrogen (secondary N) is 2. The van der Waals surface area contributed by atoms with Crippen LogP contribution < -0.4 is 20.1 Å².